The van der Waals surface area contributed by atoms with Gasteiger partial charge in [-0.15, -0.1) is 0 Å². The van der Waals surface area contributed by atoms with Crippen molar-refractivity contribution in [3.8, 4) is 11.5 Å². The van der Waals surface area contributed by atoms with Crippen molar-refractivity contribution < 1.29 is 22.7 Å². The minimum Gasteiger partial charge on any atom is -0.493 e. The third-order valence-corrected chi connectivity index (χ3v) is 5.46. The van der Waals surface area contributed by atoms with Gasteiger partial charge in [-0.05, 0) is 44.2 Å². The number of sulfonamides is 1. The topological polar surface area (TPSA) is 84.9 Å². The van der Waals surface area contributed by atoms with Gasteiger partial charge in [0.15, 0.2) is 11.5 Å². The smallest absolute Gasteiger partial charge is 0.232 e. The van der Waals surface area contributed by atoms with Crippen LogP contribution in [0.5, 0.6) is 11.5 Å². The minimum absolute atomic E-state index is 0.0833. The first-order valence-electron chi connectivity index (χ1n) is 9.69. The summed E-state index contributed by atoms with van der Waals surface area (Å²) in [6.07, 6.45) is 2.63. The van der Waals surface area contributed by atoms with Crippen LogP contribution in [-0.2, 0) is 14.8 Å². The highest BCUT2D eigenvalue weighted by atomic mass is 32.2. The quantitative estimate of drug-likeness (QED) is 0.616. The van der Waals surface area contributed by atoms with Crippen LogP contribution in [0.15, 0.2) is 18.2 Å². The van der Waals surface area contributed by atoms with E-state index >= 15 is 0 Å². The highest BCUT2D eigenvalue weighted by Crippen LogP contribution is 2.32. The van der Waals surface area contributed by atoms with Gasteiger partial charge >= 0.3 is 0 Å². The second kappa shape index (κ2) is 9.69. The zero-order valence-electron chi connectivity index (χ0n) is 19.0. The van der Waals surface area contributed by atoms with Crippen molar-refractivity contribution in [2.75, 3.05) is 31.3 Å². The molecule has 1 rings (SSSR count). The standard InChI is InChI=1S/C21H36N2O5S/c1-20(2,3)15-21(4,5)22-19(24)10-9-13-23(29(8,25)26)16-11-12-17(27-6)18(14-16)28-7/h11-12,14H,9-10,13,15H2,1-8H3,(H,22,24). The zero-order valence-corrected chi connectivity index (χ0v) is 19.8. The predicted molar refractivity (Wildman–Crippen MR) is 117 cm³/mol. The molecule has 166 valence electrons. The van der Waals surface area contributed by atoms with Gasteiger partial charge in [0, 0.05) is 24.6 Å². The molecule has 0 fully saturated rings. The number of anilines is 1. The van der Waals surface area contributed by atoms with E-state index in [4.69, 9.17) is 9.47 Å². The zero-order chi connectivity index (χ0) is 22.5. The molecular weight excluding hydrogens is 392 g/mol. The van der Waals surface area contributed by atoms with Crippen LogP contribution in [0.2, 0.25) is 0 Å². The lowest BCUT2D eigenvalue weighted by atomic mass is 9.82. The monoisotopic (exact) mass is 428 g/mol. The number of nitrogens with zero attached hydrogens (tertiary/aromatic N) is 1. The largest absolute Gasteiger partial charge is 0.493 e. The summed E-state index contributed by atoms with van der Waals surface area (Å²) in [6, 6.07) is 4.94. The summed E-state index contributed by atoms with van der Waals surface area (Å²) in [5.74, 6) is 0.880. The molecule has 0 atom stereocenters. The van der Waals surface area contributed by atoms with E-state index in [-0.39, 0.29) is 29.8 Å². The van der Waals surface area contributed by atoms with Gasteiger partial charge < -0.3 is 14.8 Å². The van der Waals surface area contributed by atoms with Gasteiger partial charge in [-0.2, -0.15) is 0 Å². The Hall–Kier alpha value is -1.96. The number of benzene rings is 1. The molecule has 0 saturated carbocycles. The van der Waals surface area contributed by atoms with E-state index in [9.17, 15) is 13.2 Å². The number of amides is 1. The third kappa shape index (κ3) is 8.51. The van der Waals surface area contributed by atoms with Gasteiger partial charge in [0.1, 0.15) is 0 Å². The first-order valence-corrected chi connectivity index (χ1v) is 11.5. The molecule has 7 nitrogen and oxygen atoms in total. The van der Waals surface area contributed by atoms with E-state index in [2.05, 4.69) is 26.1 Å². The number of ether oxygens (including phenoxy) is 2. The summed E-state index contributed by atoms with van der Waals surface area (Å²) >= 11 is 0. The van der Waals surface area contributed by atoms with Crippen molar-refractivity contribution in [3.63, 3.8) is 0 Å². The van der Waals surface area contributed by atoms with E-state index in [0.29, 0.717) is 23.6 Å². The fourth-order valence-electron chi connectivity index (χ4n) is 3.66. The Labute approximate surface area is 175 Å². The molecule has 0 aliphatic heterocycles. The molecule has 0 radical (unpaired) electrons. The summed E-state index contributed by atoms with van der Waals surface area (Å²) < 4.78 is 36.4. The van der Waals surface area contributed by atoms with E-state index in [1.54, 1.807) is 18.2 Å². The van der Waals surface area contributed by atoms with Crippen molar-refractivity contribution in [2.45, 2.75) is 59.4 Å². The van der Waals surface area contributed by atoms with Crippen LogP contribution in [-0.4, -0.2) is 46.9 Å². The number of hydrogen-bond acceptors (Lipinski definition) is 5. The Bertz CT molecular complexity index is 798. The number of methoxy groups -OCH3 is 2. The van der Waals surface area contributed by atoms with Crippen molar-refractivity contribution in [3.05, 3.63) is 18.2 Å². The Morgan fingerprint density at radius 1 is 1.07 bits per heavy atom. The highest BCUT2D eigenvalue weighted by Gasteiger charge is 2.27. The molecule has 1 aromatic carbocycles. The molecule has 0 aliphatic carbocycles. The van der Waals surface area contributed by atoms with Gasteiger partial charge in [0.2, 0.25) is 15.9 Å². The van der Waals surface area contributed by atoms with Crippen LogP contribution in [0.4, 0.5) is 5.69 Å². The normalized spacial score (nSPS) is 12.4. The Kier molecular flexibility index (Phi) is 8.38. The number of carbonyl (C=O) groups excluding carboxylic acids is 1. The number of hydrogen-bond donors (Lipinski definition) is 1. The molecule has 0 heterocycles. The average Bonchev–Trinajstić information content (AvgIpc) is 2.54. The second-order valence-electron chi connectivity index (χ2n) is 9.15. The van der Waals surface area contributed by atoms with Gasteiger partial charge in [-0.1, -0.05) is 20.8 Å². The van der Waals surface area contributed by atoms with Crippen LogP contribution in [0.3, 0.4) is 0 Å². The lowest BCUT2D eigenvalue weighted by Crippen LogP contribution is -2.46. The van der Waals surface area contributed by atoms with Gasteiger partial charge in [0.25, 0.3) is 0 Å². The minimum atomic E-state index is -3.51. The fourth-order valence-corrected chi connectivity index (χ4v) is 4.62. The Morgan fingerprint density at radius 2 is 1.66 bits per heavy atom. The maximum absolute atomic E-state index is 12.4. The molecule has 0 spiro atoms. The van der Waals surface area contributed by atoms with E-state index in [1.807, 2.05) is 13.8 Å². The van der Waals surface area contributed by atoms with Gasteiger partial charge in [-0.3, -0.25) is 9.10 Å². The SMILES string of the molecule is COc1ccc(N(CCCC(=O)NC(C)(C)CC(C)(C)C)S(C)(=O)=O)cc1OC. The van der Waals surface area contributed by atoms with Gasteiger partial charge in [-0.25, -0.2) is 8.42 Å². The summed E-state index contributed by atoms with van der Waals surface area (Å²) in [7, 11) is -0.499. The first kappa shape index (κ1) is 25.1. The summed E-state index contributed by atoms with van der Waals surface area (Å²) in [6.45, 7) is 10.6. The van der Waals surface area contributed by atoms with Crippen LogP contribution in [0.1, 0.15) is 53.9 Å². The molecular formula is C21H36N2O5S. The Morgan fingerprint density at radius 3 is 2.14 bits per heavy atom. The summed E-state index contributed by atoms with van der Waals surface area (Å²) in [4.78, 5) is 12.4. The second-order valence-corrected chi connectivity index (χ2v) is 11.1. The Balaban J connectivity index is 2.81. The molecule has 0 saturated heterocycles. The maximum atomic E-state index is 12.4. The van der Waals surface area contributed by atoms with Gasteiger partial charge in [0.05, 0.1) is 26.2 Å². The van der Waals surface area contributed by atoms with Crippen molar-refractivity contribution in [1.29, 1.82) is 0 Å². The molecule has 8 heteroatoms. The molecule has 29 heavy (non-hydrogen) atoms. The van der Waals surface area contributed by atoms with Crippen LogP contribution < -0.4 is 19.1 Å². The van der Waals surface area contributed by atoms with Crippen LogP contribution in [0.25, 0.3) is 0 Å². The molecule has 0 unspecified atom stereocenters. The van der Waals surface area contributed by atoms with Crippen molar-refractivity contribution >= 4 is 21.6 Å². The summed E-state index contributed by atoms with van der Waals surface area (Å²) in [5, 5.41) is 3.05. The summed E-state index contributed by atoms with van der Waals surface area (Å²) in [5.41, 5.74) is 0.241. The highest BCUT2D eigenvalue weighted by molar-refractivity contribution is 7.92. The molecule has 1 amide bonds. The third-order valence-electron chi connectivity index (χ3n) is 4.27. The number of nitrogens with one attached hydrogen (secondary N) is 1. The van der Waals surface area contributed by atoms with Crippen LogP contribution in [0, 0.1) is 5.41 Å². The molecule has 0 bridgehead atoms. The molecule has 1 N–H and O–H groups in total. The van der Waals surface area contributed by atoms with Crippen molar-refractivity contribution in [2.24, 2.45) is 5.41 Å². The first-order chi connectivity index (χ1) is 13.2. The number of rotatable bonds is 10. The maximum Gasteiger partial charge on any atom is 0.232 e. The fraction of sp³-hybridized carbons (Fsp3) is 0.667. The lowest BCUT2D eigenvalue weighted by molar-refractivity contribution is -0.123. The predicted octanol–water partition coefficient (Wildman–Crippen LogP) is 3.58. The van der Waals surface area contributed by atoms with E-state index in [0.717, 1.165) is 12.7 Å². The van der Waals surface area contributed by atoms with Crippen molar-refractivity contribution in [1.82, 2.24) is 5.32 Å². The molecule has 0 aliphatic rings. The molecule has 0 aromatic heterocycles. The average molecular weight is 429 g/mol. The van der Waals surface area contributed by atoms with E-state index in [1.165, 1.54) is 18.5 Å². The molecule has 1 aromatic rings. The van der Waals surface area contributed by atoms with Crippen LogP contribution >= 0.6 is 0 Å². The number of carbonyl (C=O) groups is 1. The lowest BCUT2D eigenvalue weighted by Gasteiger charge is -2.33. The van der Waals surface area contributed by atoms with E-state index < -0.39 is 10.0 Å².